The maximum Gasteiger partial charge on any atom is 0.320 e. The maximum absolute atomic E-state index is 5.51. The van der Waals surface area contributed by atoms with E-state index >= 15 is 0 Å². The molecule has 0 fully saturated rings. The standard InChI is InChI=1S/C14H13N3O2/c1-9-5-3-6-10(2)12(9)15-14-17-16-13(19-14)11-7-4-8-18-11/h3-8H,1-2H3,(H,15,17). The molecule has 5 heteroatoms. The van der Waals surface area contributed by atoms with Gasteiger partial charge in [-0.15, -0.1) is 5.10 Å². The van der Waals surface area contributed by atoms with Crippen LogP contribution in [-0.2, 0) is 0 Å². The van der Waals surface area contributed by atoms with Crippen molar-refractivity contribution in [3.05, 3.63) is 47.7 Å². The molecule has 5 nitrogen and oxygen atoms in total. The molecule has 0 aliphatic heterocycles. The number of furan rings is 1. The highest BCUT2D eigenvalue weighted by Gasteiger charge is 2.12. The Balaban J connectivity index is 1.88. The molecule has 1 N–H and O–H groups in total. The zero-order chi connectivity index (χ0) is 13.2. The summed E-state index contributed by atoms with van der Waals surface area (Å²) in [6, 6.07) is 9.97. The van der Waals surface area contributed by atoms with Gasteiger partial charge in [-0.05, 0) is 37.1 Å². The van der Waals surface area contributed by atoms with Gasteiger partial charge in [-0.25, -0.2) is 0 Å². The summed E-state index contributed by atoms with van der Waals surface area (Å²) in [5, 5.41) is 11.0. The van der Waals surface area contributed by atoms with Gasteiger partial charge in [0.05, 0.1) is 6.26 Å². The van der Waals surface area contributed by atoms with Gasteiger partial charge >= 0.3 is 6.01 Å². The molecule has 0 amide bonds. The summed E-state index contributed by atoms with van der Waals surface area (Å²) in [5.74, 6) is 0.917. The van der Waals surface area contributed by atoms with Gasteiger partial charge in [0, 0.05) is 5.69 Å². The van der Waals surface area contributed by atoms with Crippen molar-refractivity contribution in [2.45, 2.75) is 13.8 Å². The Morgan fingerprint density at radius 1 is 1.00 bits per heavy atom. The molecule has 2 aromatic heterocycles. The smallest absolute Gasteiger partial charge is 0.320 e. The SMILES string of the molecule is Cc1cccc(C)c1Nc1nnc(-c2ccco2)o1. The molecule has 2 heterocycles. The minimum atomic E-state index is 0.351. The number of hydrogen-bond acceptors (Lipinski definition) is 5. The first kappa shape index (κ1) is 11.5. The van der Waals surface area contributed by atoms with Crippen molar-refractivity contribution in [2.24, 2.45) is 0 Å². The average Bonchev–Trinajstić information content (AvgIpc) is 3.04. The Hall–Kier alpha value is -2.56. The first-order valence-electron chi connectivity index (χ1n) is 5.94. The van der Waals surface area contributed by atoms with E-state index in [0.29, 0.717) is 17.7 Å². The van der Waals surface area contributed by atoms with E-state index in [4.69, 9.17) is 8.83 Å². The monoisotopic (exact) mass is 255 g/mol. The van der Waals surface area contributed by atoms with Crippen molar-refractivity contribution in [3.8, 4) is 11.7 Å². The predicted molar refractivity (Wildman–Crippen MR) is 71.2 cm³/mol. The molecule has 0 unspecified atom stereocenters. The quantitative estimate of drug-likeness (QED) is 0.773. The summed E-state index contributed by atoms with van der Waals surface area (Å²) in [5.41, 5.74) is 3.23. The van der Waals surface area contributed by atoms with Crippen LogP contribution in [0.5, 0.6) is 0 Å². The summed E-state index contributed by atoms with van der Waals surface area (Å²) in [6.07, 6.45) is 1.57. The number of nitrogens with zero attached hydrogens (tertiary/aromatic N) is 2. The Bertz CT molecular complexity index is 666. The largest absolute Gasteiger partial charge is 0.459 e. The fourth-order valence-corrected chi connectivity index (χ4v) is 1.89. The van der Waals surface area contributed by atoms with Crippen molar-refractivity contribution >= 4 is 11.7 Å². The number of aromatic nitrogens is 2. The highest BCUT2D eigenvalue weighted by atomic mass is 16.4. The molecule has 19 heavy (non-hydrogen) atoms. The van der Waals surface area contributed by atoms with Gasteiger partial charge in [0.25, 0.3) is 5.89 Å². The minimum absolute atomic E-state index is 0.351. The predicted octanol–water partition coefficient (Wildman–Crippen LogP) is 3.69. The van der Waals surface area contributed by atoms with E-state index in [2.05, 4.69) is 15.5 Å². The minimum Gasteiger partial charge on any atom is -0.459 e. The molecule has 0 aliphatic carbocycles. The molecule has 0 saturated heterocycles. The van der Waals surface area contributed by atoms with Crippen LogP contribution >= 0.6 is 0 Å². The molecule has 0 aliphatic rings. The molecule has 0 saturated carbocycles. The average molecular weight is 255 g/mol. The van der Waals surface area contributed by atoms with Gasteiger partial charge in [0.15, 0.2) is 5.76 Å². The van der Waals surface area contributed by atoms with Gasteiger partial charge in [0.2, 0.25) is 0 Å². The fraction of sp³-hybridized carbons (Fsp3) is 0.143. The van der Waals surface area contributed by atoms with Crippen molar-refractivity contribution in [2.75, 3.05) is 5.32 Å². The Kier molecular flexibility index (Phi) is 2.79. The van der Waals surface area contributed by atoms with Gasteiger partial charge < -0.3 is 14.2 Å². The molecular weight excluding hydrogens is 242 g/mol. The van der Waals surface area contributed by atoms with Crippen molar-refractivity contribution in [1.29, 1.82) is 0 Å². The van der Waals surface area contributed by atoms with Crippen LogP contribution in [0.25, 0.3) is 11.7 Å². The Morgan fingerprint density at radius 2 is 1.79 bits per heavy atom. The molecule has 0 radical (unpaired) electrons. The molecular formula is C14H13N3O2. The second-order valence-electron chi connectivity index (χ2n) is 4.28. The number of para-hydroxylation sites is 1. The third kappa shape index (κ3) is 2.22. The Morgan fingerprint density at radius 3 is 2.47 bits per heavy atom. The van der Waals surface area contributed by atoms with Crippen LogP contribution < -0.4 is 5.32 Å². The third-order valence-corrected chi connectivity index (χ3v) is 2.87. The van der Waals surface area contributed by atoms with Crippen LogP contribution in [0.3, 0.4) is 0 Å². The van der Waals surface area contributed by atoms with Gasteiger partial charge in [-0.1, -0.05) is 23.3 Å². The van der Waals surface area contributed by atoms with Crippen molar-refractivity contribution in [1.82, 2.24) is 10.2 Å². The summed E-state index contributed by atoms with van der Waals surface area (Å²) in [4.78, 5) is 0. The molecule has 3 rings (SSSR count). The van der Waals surface area contributed by atoms with Crippen molar-refractivity contribution < 1.29 is 8.83 Å². The van der Waals surface area contributed by atoms with Crippen LogP contribution in [-0.4, -0.2) is 10.2 Å². The van der Waals surface area contributed by atoms with E-state index in [-0.39, 0.29) is 0 Å². The van der Waals surface area contributed by atoms with Gasteiger partial charge in [-0.2, -0.15) is 0 Å². The van der Waals surface area contributed by atoms with E-state index in [1.54, 1.807) is 18.4 Å². The highest BCUT2D eigenvalue weighted by molar-refractivity contribution is 5.62. The maximum atomic E-state index is 5.51. The lowest BCUT2D eigenvalue weighted by Crippen LogP contribution is -1.95. The van der Waals surface area contributed by atoms with Crippen LogP contribution in [0.2, 0.25) is 0 Å². The fourth-order valence-electron chi connectivity index (χ4n) is 1.89. The summed E-state index contributed by atoms with van der Waals surface area (Å²) >= 11 is 0. The molecule has 1 aromatic carbocycles. The van der Waals surface area contributed by atoms with E-state index in [1.165, 1.54) is 0 Å². The lowest BCUT2D eigenvalue weighted by atomic mass is 10.1. The highest BCUT2D eigenvalue weighted by Crippen LogP contribution is 2.26. The molecule has 0 spiro atoms. The second-order valence-corrected chi connectivity index (χ2v) is 4.28. The number of benzene rings is 1. The Labute approximate surface area is 110 Å². The first-order chi connectivity index (χ1) is 9.24. The topological polar surface area (TPSA) is 64.1 Å². The number of nitrogens with one attached hydrogen (secondary N) is 1. The van der Waals surface area contributed by atoms with Crippen LogP contribution in [0, 0.1) is 13.8 Å². The van der Waals surface area contributed by atoms with Gasteiger partial charge in [-0.3, -0.25) is 0 Å². The van der Waals surface area contributed by atoms with E-state index in [1.807, 2.05) is 32.0 Å². The molecule has 0 atom stereocenters. The summed E-state index contributed by atoms with van der Waals surface area (Å²) < 4.78 is 10.7. The van der Waals surface area contributed by atoms with E-state index < -0.39 is 0 Å². The summed E-state index contributed by atoms with van der Waals surface area (Å²) in [7, 11) is 0. The molecule has 0 bridgehead atoms. The number of hydrogen-bond donors (Lipinski definition) is 1. The lowest BCUT2D eigenvalue weighted by molar-refractivity contribution is 0.524. The zero-order valence-corrected chi connectivity index (χ0v) is 10.7. The molecule has 96 valence electrons. The number of aryl methyl sites for hydroxylation is 2. The summed E-state index contributed by atoms with van der Waals surface area (Å²) in [6.45, 7) is 4.05. The lowest BCUT2D eigenvalue weighted by Gasteiger charge is -2.08. The van der Waals surface area contributed by atoms with Crippen LogP contribution in [0.4, 0.5) is 11.7 Å². The molecule has 3 aromatic rings. The zero-order valence-electron chi connectivity index (χ0n) is 10.7. The number of anilines is 2. The normalized spacial score (nSPS) is 10.6. The first-order valence-corrected chi connectivity index (χ1v) is 5.94. The van der Waals surface area contributed by atoms with Crippen molar-refractivity contribution in [3.63, 3.8) is 0 Å². The van der Waals surface area contributed by atoms with Gasteiger partial charge in [0.1, 0.15) is 0 Å². The third-order valence-electron chi connectivity index (χ3n) is 2.87. The van der Waals surface area contributed by atoms with Crippen LogP contribution in [0.15, 0.2) is 45.4 Å². The van der Waals surface area contributed by atoms with E-state index in [9.17, 15) is 0 Å². The van der Waals surface area contributed by atoms with E-state index in [0.717, 1.165) is 16.8 Å². The number of rotatable bonds is 3. The van der Waals surface area contributed by atoms with Crippen LogP contribution in [0.1, 0.15) is 11.1 Å². The second kappa shape index (κ2) is 4.61.